The highest BCUT2D eigenvalue weighted by Gasteiger charge is 2.19. The number of rotatable bonds is 0. The Morgan fingerprint density at radius 2 is 0.941 bits per heavy atom. The normalized spacial score (nSPS) is 11.1. The minimum absolute atomic E-state index is 0. The van der Waals surface area contributed by atoms with Crippen LogP contribution in [0.2, 0.25) is 0 Å². The van der Waals surface area contributed by atoms with Crippen LogP contribution in [-0.4, -0.2) is 0 Å². The van der Waals surface area contributed by atoms with Crippen molar-refractivity contribution in [1.29, 1.82) is 0 Å². The molecule has 79 valence electrons. The molecule has 0 aliphatic heterocycles. The lowest BCUT2D eigenvalue weighted by molar-refractivity contribution is 1.70. The first-order chi connectivity index (χ1) is 7.95. The van der Waals surface area contributed by atoms with E-state index in [0.29, 0.717) is 0 Å². The van der Waals surface area contributed by atoms with Gasteiger partial charge in [0.05, 0.1) is 0 Å². The van der Waals surface area contributed by atoms with Gasteiger partial charge in [0, 0.05) is 6.15 Å². The molecule has 4 rings (SSSR count). The number of hydrogen-bond acceptors (Lipinski definition) is 0. The summed E-state index contributed by atoms with van der Waals surface area (Å²) in [5, 5.41) is 2.75. The highest BCUT2D eigenvalue weighted by Crippen LogP contribution is 2.46. The molecule has 3 aromatic carbocycles. The van der Waals surface area contributed by atoms with Crippen molar-refractivity contribution >= 4 is 10.8 Å². The summed E-state index contributed by atoms with van der Waals surface area (Å²) in [6.45, 7) is 0. The van der Waals surface area contributed by atoms with Crippen LogP contribution in [0, 0.1) is 0 Å². The highest BCUT2D eigenvalue weighted by molar-refractivity contribution is 6.15. The van der Waals surface area contributed by atoms with Crippen molar-refractivity contribution in [3.05, 3.63) is 60.7 Å². The third-order valence-corrected chi connectivity index (χ3v) is 3.41. The fourth-order valence-corrected chi connectivity index (χ4v) is 2.74. The van der Waals surface area contributed by atoms with Crippen LogP contribution in [0.1, 0.15) is 0 Å². The molecule has 3 aromatic rings. The van der Waals surface area contributed by atoms with E-state index in [2.05, 4.69) is 60.7 Å². The fraction of sp³-hybridized carbons (Fsp3) is 0. The lowest BCUT2D eigenvalue weighted by Crippen LogP contribution is -1.73. The average Bonchev–Trinajstić information content (AvgIpc) is 2.68. The molecule has 3 radical (unpaired) electrons. The molecule has 0 bridgehead atoms. The topological polar surface area (TPSA) is 30.5 Å². The van der Waals surface area contributed by atoms with E-state index in [4.69, 9.17) is 0 Å². The zero-order valence-corrected chi connectivity index (χ0v) is 9.22. The van der Waals surface area contributed by atoms with Gasteiger partial charge in [-0.1, -0.05) is 60.7 Å². The highest BCUT2D eigenvalue weighted by atomic mass is 14.2. The van der Waals surface area contributed by atoms with Crippen molar-refractivity contribution in [2.75, 3.05) is 0 Å². The lowest BCUT2D eigenvalue weighted by Gasteiger charge is -2.00. The Balaban J connectivity index is 0.000000902. The molecule has 0 fully saturated rings. The number of hydrogen-bond donors (Lipinski definition) is 0. The van der Waals surface area contributed by atoms with Crippen LogP contribution in [0.3, 0.4) is 0 Å². The molecule has 0 saturated heterocycles. The number of benzene rings is 3. The van der Waals surface area contributed by atoms with Crippen molar-refractivity contribution in [1.82, 2.24) is 6.15 Å². The first-order valence-corrected chi connectivity index (χ1v) is 5.57. The molecule has 1 aliphatic carbocycles. The Morgan fingerprint density at radius 3 is 1.47 bits per heavy atom. The molecule has 0 N–H and O–H groups in total. The molecule has 0 aromatic heterocycles. The van der Waals surface area contributed by atoms with Gasteiger partial charge in [-0.3, -0.25) is 0 Å². The summed E-state index contributed by atoms with van der Waals surface area (Å²) in [7, 11) is 0. The van der Waals surface area contributed by atoms with E-state index in [-0.39, 0.29) is 6.15 Å². The van der Waals surface area contributed by atoms with E-state index in [0.717, 1.165) is 0 Å². The summed E-state index contributed by atoms with van der Waals surface area (Å²) >= 11 is 0. The van der Waals surface area contributed by atoms with E-state index in [1.807, 2.05) is 0 Å². The van der Waals surface area contributed by atoms with Gasteiger partial charge >= 0.3 is 0 Å². The fourth-order valence-electron chi connectivity index (χ4n) is 2.74. The molecule has 1 heteroatoms. The number of nitrogens with zero attached hydrogens (tertiary/aromatic N) is 1. The molecule has 1 nitrogen and oxygen atoms in total. The van der Waals surface area contributed by atoms with Crippen LogP contribution >= 0.6 is 0 Å². The summed E-state index contributed by atoms with van der Waals surface area (Å²) in [6.07, 6.45) is 0. The molecule has 17 heavy (non-hydrogen) atoms. The third-order valence-electron chi connectivity index (χ3n) is 3.41. The van der Waals surface area contributed by atoms with Crippen molar-refractivity contribution in [3.8, 4) is 22.3 Å². The Labute approximate surface area is 100 Å². The standard InChI is InChI=1S/C16H10.N/c1-2-8-13-12(7-1)14-9-3-5-11-6-4-10-15(13)16(11)14;/h1-10H;. The predicted molar refractivity (Wildman–Crippen MR) is 70.5 cm³/mol. The second-order valence-corrected chi connectivity index (χ2v) is 4.25. The molecule has 0 atom stereocenters. The van der Waals surface area contributed by atoms with Gasteiger partial charge in [-0.15, -0.1) is 0 Å². The molecule has 0 unspecified atom stereocenters. The largest absolute Gasteiger partial charge is 0.0616 e. The van der Waals surface area contributed by atoms with Crippen LogP contribution in [0.5, 0.6) is 0 Å². The molecule has 1 aliphatic rings. The minimum atomic E-state index is 0. The van der Waals surface area contributed by atoms with Gasteiger partial charge in [0.25, 0.3) is 0 Å². The number of fused-ring (bicyclic) bond motifs is 3. The first kappa shape index (κ1) is 10.1. The van der Waals surface area contributed by atoms with E-state index in [9.17, 15) is 0 Å². The minimum Gasteiger partial charge on any atom is -0.0616 e. The van der Waals surface area contributed by atoms with Gasteiger partial charge in [-0.05, 0) is 33.0 Å². The van der Waals surface area contributed by atoms with Crippen molar-refractivity contribution in [3.63, 3.8) is 0 Å². The Bertz CT molecular complexity index is 656. The predicted octanol–water partition coefficient (Wildman–Crippen LogP) is 4.01. The van der Waals surface area contributed by atoms with Crippen molar-refractivity contribution in [2.24, 2.45) is 0 Å². The van der Waals surface area contributed by atoms with Gasteiger partial charge in [0.1, 0.15) is 0 Å². The van der Waals surface area contributed by atoms with Gasteiger partial charge in [-0.2, -0.15) is 0 Å². The third kappa shape index (κ3) is 1.17. The van der Waals surface area contributed by atoms with Crippen LogP contribution in [0.15, 0.2) is 60.7 Å². The maximum absolute atomic E-state index is 2.22. The van der Waals surface area contributed by atoms with E-state index in [1.165, 1.54) is 33.0 Å². The summed E-state index contributed by atoms with van der Waals surface area (Å²) in [6, 6.07) is 21.8. The summed E-state index contributed by atoms with van der Waals surface area (Å²) in [5.74, 6) is 0. The SMILES string of the molecule is [N].c1ccc2c(c1)-c1cccc3cccc-2c13. The molecular formula is C16H10N. The molecular weight excluding hydrogens is 206 g/mol. The van der Waals surface area contributed by atoms with Gasteiger partial charge in [0.2, 0.25) is 0 Å². The van der Waals surface area contributed by atoms with Crippen LogP contribution in [0.25, 0.3) is 33.0 Å². The zero-order chi connectivity index (χ0) is 10.5. The Kier molecular flexibility index (Phi) is 2.03. The summed E-state index contributed by atoms with van der Waals surface area (Å²) < 4.78 is 0. The summed E-state index contributed by atoms with van der Waals surface area (Å²) in [5.41, 5.74) is 5.50. The Hall–Kier alpha value is -2.12. The van der Waals surface area contributed by atoms with Crippen molar-refractivity contribution < 1.29 is 0 Å². The average molecular weight is 216 g/mol. The second kappa shape index (κ2) is 3.44. The Morgan fingerprint density at radius 1 is 0.471 bits per heavy atom. The smallest absolute Gasteiger partial charge is 0 e. The van der Waals surface area contributed by atoms with Crippen LogP contribution < -0.4 is 6.15 Å². The molecule has 0 heterocycles. The van der Waals surface area contributed by atoms with Crippen molar-refractivity contribution in [2.45, 2.75) is 0 Å². The maximum atomic E-state index is 2.22. The van der Waals surface area contributed by atoms with Gasteiger partial charge < -0.3 is 0 Å². The lowest BCUT2D eigenvalue weighted by atomic mass is 10.0. The van der Waals surface area contributed by atoms with E-state index < -0.39 is 0 Å². The van der Waals surface area contributed by atoms with Crippen LogP contribution in [0.4, 0.5) is 0 Å². The first-order valence-electron chi connectivity index (χ1n) is 5.57. The monoisotopic (exact) mass is 216 g/mol. The maximum Gasteiger partial charge on any atom is 0 e. The van der Waals surface area contributed by atoms with E-state index in [1.54, 1.807) is 0 Å². The molecule has 0 spiro atoms. The molecule has 0 saturated carbocycles. The molecule has 0 amide bonds. The second-order valence-electron chi connectivity index (χ2n) is 4.25. The van der Waals surface area contributed by atoms with Gasteiger partial charge in [-0.25, -0.2) is 0 Å². The van der Waals surface area contributed by atoms with Gasteiger partial charge in [0.15, 0.2) is 0 Å². The van der Waals surface area contributed by atoms with Crippen LogP contribution in [-0.2, 0) is 0 Å². The quantitative estimate of drug-likeness (QED) is 0.425. The zero-order valence-electron chi connectivity index (χ0n) is 9.22. The summed E-state index contributed by atoms with van der Waals surface area (Å²) in [4.78, 5) is 0. The van der Waals surface area contributed by atoms with E-state index >= 15 is 0 Å².